The Balaban J connectivity index is 1.11. The van der Waals surface area contributed by atoms with Gasteiger partial charge in [-0.3, -0.25) is 0 Å². The van der Waals surface area contributed by atoms with Crippen LogP contribution in [0.3, 0.4) is 0 Å². The SMILES string of the molecule is c1ccc(-c2nnn(-c3ccccc3)c2-c2cccc3c2c2ccccc2n3-c2cccc(-n3c4ccccc4c4cc5c(cc43)oc3ccccc35)c2)cc1. The van der Waals surface area contributed by atoms with Crippen molar-refractivity contribution in [3.8, 4) is 39.6 Å². The van der Waals surface area contributed by atoms with Crippen molar-refractivity contribution in [1.29, 1.82) is 0 Å². The Morgan fingerprint density at radius 3 is 1.80 bits per heavy atom. The second kappa shape index (κ2) is 11.9. The number of hydrogen-bond donors (Lipinski definition) is 0. The molecule has 4 heterocycles. The number of furan rings is 1. The lowest BCUT2D eigenvalue weighted by atomic mass is 9.99. The van der Waals surface area contributed by atoms with Gasteiger partial charge >= 0.3 is 0 Å². The third-order valence-electron chi connectivity index (χ3n) is 11.2. The first kappa shape index (κ1) is 30.7. The molecule has 0 spiro atoms. The molecule has 0 aliphatic heterocycles. The zero-order valence-corrected chi connectivity index (χ0v) is 30.0. The van der Waals surface area contributed by atoms with Gasteiger partial charge in [0.1, 0.15) is 22.6 Å². The van der Waals surface area contributed by atoms with Crippen molar-refractivity contribution in [3.05, 3.63) is 188 Å². The molecule has 0 aliphatic rings. The Morgan fingerprint density at radius 2 is 1.00 bits per heavy atom. The van der Waals surface area contributed by atoms with Crippen LogP contribution in [-0.2, 0) is 0 Å². The number of fused-ring (bicyclic) bond motifs is 9. The number of rotatable bonds is 5. The Bertz CT molecular complexity index is 3420. The van der Waals surface area contributed by atoms with Gasteiger partial charge < -0.3 is 13.6 Å². The molecule has 4 aromatic heterocycles. The number of hydrogen-bond acceptors (Lipinski definition) is 3. The fraction of sp³-hybridized carbons (Fsp3) is 0. The maximum atomic E-state index is 6.41. The molecule has 12 rings (SSSR count). The quantitative estimate of drug-likeness (QED) is 0.178. The highest BCUT2D eigenvalue weighted by atomic mass is 16.3. The third-order valence-corrected chi connectivity index (χ3v) is 11.2. The van der Waals surface area contributed by atoms with Crippen molar-refractivity contribution in [2.24, 2.45) is 0 Å². The summed E-state index contributed by atoms with van der Waals surface area (Å²) >= 11 is 0. The number of para-hydroxylation sites is 4. The summed E-state index contributed by atoms with van der Waals surface area (Å²) in [5.74, 6) is 0. The van der Waals surface area contributed by atoms with Gasteiger partial charge in [0.05, 0.1) is 27.8 Å². The van der Waals surface area contributed by atoms with Gasteiger partial charge in [0.25, 0.3) is 0 Å². The fourth-order valence-electron chi connectivity index (χ4n) is 8.80. The molecule has 0 saturated carbocycles. The van der Waals surface area contributed by atoms with Gasteiger partial charge in [-0.1, -0.05) is 127 Å². The number of nitrogens with zero attached hydrogens (tertiary/aromatic N) is 5. The van der Waals surface area contributed by atoms with E-state index in [0.717, 1.165) is 94.4 Å². The van der Waals surface area contributed by atoms with Gasteiger partial charge in [-0.05, 0) is 60.7 Å². The minimum absolute atomic E-state index is 0.839. The summed E-state index contributed by atoms with van der Waals surface area (Å²) in [6.07, 6.45) is 0. The second-order valence-corrected chi connectivity index (χ2v) is 14.3. The summed E-state index contributed by atoms with van der Waals surface area (Å²) in [5.41, 5.74) is 13.2. The smallest absolute Gasteiger partial charge is 0.137 e. The molecule has 6 nitrogen and oxygen atoms in total. The summed E-state index contributed by atoms with van der Waals surface area (Å²) in [5, 5.41) is 16.5. The van der Waals surface area contributed by atoms with Gasteiger partial charge in [0.15, 0.2) is 0 Å². The Kier molecular flexibility index (Phi) is 6.53. The highest BCUT2D eigenvalue weighted by molar-refractivity contribution is 6.18. The van der Waals surface area contributed by atoms with Crippen LogP contribution in [0.1, 0.15) is 0 Å². The van der Waals surface area contributed by atoms with E-state index in [9.17, 15) is 0 Å². The molecule has 0 amide bonds. The molecule has 56 heavy (non-hydrogen) atoms. The minimum atomic E-state index is 0.839. The Morgan fingerprint density at radius 1 is 0.393 bits per heavy atom. The van der Waals surface area contributed by atoms with Crippen LogP contribution in [0.2, 0.25) is 0 Å². The molecule has 0 saturated heterocycles. The van der Waals surface area contributed by atoms with E-state index in [2.05, 4.69) is 161 Å². The van der Waals surface area contributed by atoms with Crippen molar-refractivity contribution < 1.29 is 4.42 Å². The van der Waals surface area contributed by atoms with Gasteiger partial charge in [-0.2, -0.15) is 0 Å². The molecule has 0 unspecified atom stereocenters. The maximum Gasteiger partial charge on any atom is 0.137 e. The van der Waals surface area contributed by atoms with E-state index in [-0.39, 0.29) is 0 Å². The lowest BCUT2D eigenvalue weighted by molar-refractivity contribution is 0.669. The van der Waals surface area contributed by atoms with Crippen molar-refractivity contribution in [2.75, 3.05) is 0 Å². The molecule has 0 N–H and O–H groups in total. The first-order valence-corrected chi connectivity index (χ1v) is 18.8. The van der Waals surface area contributed by atoms with Crippen LogP contribution in [0.25, 0.3) is 105 Å². The lowest BCUT2D eigenvalue weighted by Crippen LogP contribution is -2.00. The highest BCUT2D eigenvalue weighted by Crippen LogP contribution is 2.43. The van der Waals surface area contributed by atoms with E-state index in [4.69, 9.17) is 14.7 Å². The lowest BCUT2D eigenvalue weighted by Gasteiger charge is -2.13. The summed E-state index contributed by atoms with van der Waals surface area (Å²) < 4.78 is 13.2. The molecular weight excluding hydrogens is 687 g/mol. The van der Waals surface area contributed by atoms with Crippen LogP contribution in [0.15, 0.2) is 192 Å². The van der Waals surface area contributed by atoms with E-state index in [1.165, 1.54) is 10.8 Å². The van der Waals surface area contributed by atoms with Crippen molar-refractivity contribution >= 4 is 65.6 Å². The predicted octanol–water partition coefficient (Wildman–Crippen LogP) is 12.7. The van der Waals surface area contributed by atoms with Crippen LogP contribution in [-0.4, -0.2) is 24.1 Å². The summed E-state index contributed by atoms with van der Waals surface area (Å²) in [6, 6.07) is 66.2. The summed E-state index contributed by atoms with van der Waals surface area (Å²) in [4.78, 5) is 0. The average Bonchev–Trinajstić information content (AvgIpc) is 4.03. The fourth-order valence-corrected chi connectivity index (χ4v) is 8.80. The third kappa shape index (κ3) is 4.44. The van der Waals surface area contributed by atoms with Gasteiger partial charge in [0.2, 0.25) is 0 Å². The first-order chi connectivity index (χ1) is 27.8. The van der Waals surface area contributed by atoms with Crippen LogP contribution in [0.5, 0.6) is 0 Å². The predicted molar refractivity (Wildman–Crippen MR) is 228 cm³/mol. The second-order valence-electron chi connectivity index (χ2n) is 14.3. The standard InChI is InChI=1S/C50H31N5O/c1-3-15-32(16-4-1)49-50(55(52-51-49)33-17-5-2-6-18-33)39-24-14-27-44-48(39)38-23-8-11-26-43(38)53(44)34-19-13-20-35(29-34)54-42-25-10-7-21-36(42)40-30-41-37-22-9-12-28-46(37)56-47(41)31-45(40)54/h1-31H. The number of benzene rings is 8. The maximum absolute atomic E-state index is 6.41. The normalized spacial score (nSPS) is 11.9. The number of aromatic nitrogens is 5. The average molecular weight is 718 g/mol. The van der Waals surface area contributed by atoms with Gasteiger partial charge in [-0.25, -0.2) is 4.68 Å². The summed E-state index contributed by atoms with van der Waals surface area (Å²) in [7, 11) is 0. The highest BCUT2D eigenvalue weighted by Gasteiger charge is 2.24. The van der Waals surface area contributed by atoms with Gasteiger partial charge in [-0.15, -0.1) is 5.10 Å². The van der Waals surface area contributed by atoms with E-state index in [1.807, 2.05) is 41.1 Å². The molecule has 262 valence electrons. The monoisotopic (exact) mass is 717 g/mol. The van der Waals surface area contributed by atoms with Gasteiger partial charge in [0, 0.05) is 60.9 Å². The van der Waals surface area contributed by atoms with Crippen LogP contribution < -0.4 is 0 Å². The van der Waals surface area contributed by atoms with E-state index >= 15 is 0 Å². The van der Waals surface area contributed by atoms with Crippen molar-refractivity contribution in [1.82, 2.24) is 24.1 Å². The largest absolute Gasteiger partial charge is 0.456 e. The molecule has 6 heteroatoms. The van der Waals surface area contributed by atoms with Crippen LogP contribution in [0.4, 0.5) is 0 Å². The van der Waals surface area contributed by atoms with Crippen molar-refractivity contribution in [2.45, 2.75) is 0 Å². The van der Waals surface area contributed by atoms with E-state index in [0.29, 0.717) is 0 Å². The Labute approximate surface area is 320 Å². The zero-order valence-electron chi connectivity index (χ0n) is 30.0. The molecule has 8 aromatic carbocycles. The molecule has 0 atom stereocenters. The van der Waals surface area contributed by atoms with Crippen LogP contribution in [0, 0.1) is 0 Å². The minimum Gasteiger partial charge on any atom is -0.456 e. The molecule has 0 fully saturated rings. The molecular formula is C50H31N5O. The molecule has 0 radical (unpaired) electrons. The van der Waals surface area contributed by atoms with E-state index < -0.39 is 0 Å². The molecule has 0 bridgehead atoms. The zero-order chi connectivity index (χ0) is 36.7. The summed E-state index contributed by atoms with van der Waals surface area (Å²) in [6.45, 7) is 0. The molecule has 0 aliphatic carbocycles. The molecule has 12 aromatic rings. The topological polar surface area (TPSA) is 53.7 Å². The van der Waals surface area contributed by atoms with E-state index in [1.54, 1.807) is 0 Å². The Hall–Kier alpha value is -7.70. The van der Waals surface area contributed by atoms with Crippen LogP contribution >= 0.6 is 0 Å². The van der Waals surface area contributed by atoms with Crippen molar-refractivity contribution in [3.63, 3.8) is 0 Å². The first-order valence-electron chi connectivity index (χ1n) is 18.8.